The van der Waals surface area contributed by atoms with Crippen LogP contribution in [0.3, 0.4) is 0 Å². The summed E-state index contributed by atoms with van der Waals surface area (Å²) in [5.41, 5.74) is 3.59. The Bertz CT molecular complexity index is 1900. The molecule has 9 nitrogen and oxygen atoms in total. The van der Waals surface area contributed by atoms with Gasteiger partial charge in [0.15, 0.2) is 17.3 Å². The molecule has 0 N–H and O–H groups in total. The first-order valence-corrected chi connectivity index (χ1v) is 14.8. The number of amides is 3. The molecule has 0 spiro atoms. The number of ketones is 1. The zero-order chi connectivity index (χ0) is 31.1. The number of allylic oxidation sites excluding steroid dienone is 1. The lowest BCUT2D eigenvalue weighted by atomic mass is 9.94. The van der Waals surface area contributed by atoms with Gasteiger partial charge in [0.05, 0.1) is 24.4 Å². The summed E-state index contributed by atoms with van der Waals surface area (Å²) in [4.78, 5) is 60.5. The Morgan fingerprint density at radius 1 is 0.889 bits per heavy atom. The number of imide groups is 1. The lowest BCUT2D eigenvalue weighted by Crippen LogP contribution is -2.41. The molecule has 0 aliphatic carbocycles. The summed E-state index contributed by atoms with van der Waals surface area (Å²) in [5.74, 6) is -0.311. The van der Waals surface area contributed by atoms with Gasteiger partial charge in [0.2, 0.25) is 0 Å². The average Bonchev–Trinajstić information content (AvgIpc) is 3.42. The normalized spacial score (nSPS) is 17.8. The van der Waals surface area contributed by atoms with E-state index in [1.807, 2.05) is 42.5 Å². The van der Waals surface area contributed by atoms with Crippen LogP contribution < -0.4 is 9.47 Å². The maximum atomic E-state index is 13.6. The third-order valence-corrected chi connectivity index (χ3v) is 8.44. The Balaban J connectivity index is 1.03. The second-order valence-corrected chi connectivity index (χ2v) is 11.3. The van der Waals surface area contributed by atoms with Gasteiger partial charge in [-0.2, -0.15) is 0 Å². The highest BCUT2D eigenvalue weighted by Gasteiger charge is 2.36. The number of benzene rings is 4. The standard InChI is InChI=1S/C36H29N3O6/c1-44-31-17-29-30(18-32(31)45-21-22-7-3-2-4-8-22)37-19-25-15-23(20-39(25)36(29)43)16-26(40)13-14-38-34(41)27-11-5-9-24-10-6-12-28(33(24)27)35(38)42/h2-12,16-19,25H,13-15,20-21H2,1H3/b23-16+/t25-/m0/s1. The molecule has 0 unspecified atom stereocenters. The van der Waals surface area contributed by atoms with E-state index in [-0.39, 0.29) is 37.2 Å². The smallest absolute Gasteiger partial charge is 0.261 e. The molecule has 1 atom stereocenters. The fourth-order valence-corrected chi connectivity index (χ4v) is 6.20. The molecule has 0 bridgehead atoms. The van der Waals surface area contributed by atoms with Crippen LogP contribution in [0.4, 0.5) is 5.69 Å². The number of aliphatic imine (C=N–C) groups is 1. The molecule has 3 heterocycles. The minimum Gasteiger partial charge on any atom is -0.493 e. The van der Waals surface area contributed by atoms with Gasteiger partial charge in [-0.25, -0.2) is 0 Å². The molecule has 1 fully saturated rings. The lowest BCUT2D eigenvalue weighted by Gasteiger charge is -2.26. The Kier molecular flexibility index (Phi) is 7.21. The summed E-state index contributed by atoms with van der Waals surface area (Å²) < 4.78 is 11.6. The summed E-state index contributed by atoms with van der Waals surface area (Å²) in [6.45, 7) is 0.584. The fourth-order valence-electron chi connectivity index (χ4n) is 6.20. The van der Waals surface area contributed by atoms with E-state index in [9.17, 15) is 19.2 Å². The SMILES string of the molecule is COc1cc2c(cc1OCc1ccccc1)N=C[C@@H]1C/C(=C\C(=O)CCN3C(=O)c4cccc5cccc(c45)C3=O)CN1C2=O. The van der Waals surface area contributed by atoms with Gasteiger partial charge < -0.3 is 14.4 Å². The molecule has 3 aliphatic heterocycles. The fraction of sp³-hybridized carbons (Fsp3) is 0.194. The van der Waals surface area contributed by atoms with Crippen LogP contribution in [-0.4, -0.2) is 65.8 Å². The van der Waals surface area contributed by atoms with Gasteiger partial charge in [0, 0.05) is 48.3 Å². The topological polar surface area (TPSA) is 106 Å². The summed E-state index contributed by atoms with van der Waals surface area (Å²) in [6, 6.07) is 23.5. The molecule has 3 aliphatic rings. The van der Waals surface area contributed by atoms with Crippen molar-refractivity contribution < 1.29 is 28.7 Å². The van der Waals surface area contributed by atoms with Crippen LogP contribution in [0.1, 0.15) is 49.5 Å². The number of carbonyl (C=O) groups is 4. The highest BCUT2D eigenvalue weighted by molar-refractivity contribution is 6.25. The quantitative estimate of drug-likeness (QED) is 0.195. The van der Waals surface area contributed by atoms with E-state index in [0.717, 1.165) is 21.4 Å². The number of methoxy groups -OCH3 is 1. The summed E-state index contributed by atoms with van der Waals surface area (Å²) in [6.07, 6.45) is 3.70. The Morgan fingerprint density at radius 2 is 1.62 bits per heavy atom. The van der Waals surface area contributed by atoms with Crippen LogP contribution in [0.2, 0.25) is 0 Å². The molecule has 4 aromatic carbocycles. The van der Waals surface area contributed by atoms with Crippen LogP contribution in [0.15, 0.2) is 95.5 Å². The van der Waals surface area contributed by atoms with Crippen molar-refractivity contribution in [2.75, 3.05) is 20.2 Å². The first-order chi connectivity index (χ1) is 21.9. The molecule has 45 heavy (non-hydrogen) atoms. The third kappa shape index (κ3) is 5.16. The van der Waals surface area contributed by atoms with Crippen molar-refractivity contribution in [1.82, 2.24) is 9.80 Å². The van der Waals surface area contributed by atoms with E-state index in [0.29, 0.717) is 52.3 Å². The van der Waals surface area contributed by atoms with Gasteiger partial charge in [0.25, 0.3) is 17.7 Å². The highest BCUT2D eigenvalue weighted by Crippen LogP contribution is 2.39. The van der Waals surface area contributed by atoms with E-state index in [2.05, 4.69) is 4.99 Å². The zero-order valence-electron chi connectivity index (χ0n) is 24.6. The number of fused-ring (bicyclic) bond motifs is 2. The number of rotatable bonds is 8. The second-order valence-electron chi connectivity index (χ2n) is 11.3. The molecule has 3 amide bonds. The number of hydrogen-bond donors (Lipinski definition) is 0. The van der Waals surface area contributed by atoms with Crippen LogP contribution >= 0.6 is 0 Å². The number of ether oxygens (including phenoxy) is 2. The number of hydrogen-bond acceptors (Lipinski definition) is 7. The largest absolute Gasteiger partial charge is 0.493 e. The number of carbonyl (C=O) groups excluding carboxylic acids is 4. The molecule has 0 aromatic heterocycles. The van der Waals surface area contributed by atoms with E-state index in [1.54, 1.807) is 47.5 Å². The number of nitrogens with zero attached hydrogens (tertiary/aromatic N) is 3. The molecule has 0 saturated carbocycles. The van der Waals surface area contributed by atoms with Crippen molar-refractivity contribution in [2.45, 2.75) is 25.5 Å². The molecule has 0 radical (unpaired) electrons. The first-order valence-electron chi connectivity index (χ1n) is 14.8. The van der Waals surface area contributed by atoms with Crippen LogP contribution in [0, 0.1) is 0 Å². The third-order valence-electron chi connectivity index (χ3n) is 8.44. The second kappa shape index (κ2) is 11.5. The summed E-state index contributed by atoms with van der Waals surface area (Å²) in [7, 11) is 1.52. The van der Waals surface area contributed by atoms with Gasteiger partial charge in [0.1, 0.15) is 6.61 Å². The van der Waals surface area contributed by atoms with E-state index in [1.165, 1.54) is 13.2 Å². The van der Waals surface area contributed by atoms with Crippen molar-refractivity contribution in [1.29, 1.82) is 0 Å². The molecule has 9 heteroatoms. The van der Waals surface area contributed by atoms with Crippen molar-refractivity contribution in [3.05, 3.63) is 113 Å². The van der Waals surface area contributed by atoms with Crippen molar-refractivity contribution >= 4 is 46.2 Å². The van der Waals surface area contributed by atoms with E-state index < -0.39 is 11.8 Å². The lowest BCUT2D eigenvalue weighted by molar-refractivity contribution is -0.114. The predicted molar refractivity (Wildman–Crippen MR) is 168 cm³/mol. The van der Waals surface area contributed by atoms with Gasteiger partial charge in [-0.15, -0.1) is 0 Å². The minimum atomic E-state index is -0.400. The monoisotopic (exact) mass is 599 g/mol. The summed E-state index contributed by atoms with van der Waals surface area (Å²) in [5, 5.41) is 1.48. The van der Waals surface area contributed by atoms with Crippen molar-refractivity contribution in [3.63, 3.8) is 0 Å². The van der Waals surface area contributed by atoms with Crippen LogP contribution in [0.5, 0.6) is 11.5 Å². The molecular weight excluding hydrogens is 570 g/mol. The molecule has 224 valence electrons. The van der Waals surface area contributed by atoms with Gasteiger partial charge in [-0.05, 0) is 47.2 Å². The predicted octanol–water partition coefficient (Wildman–Crippen LogP) is 5.54. The first kappa shape index (κ1) is 28.2. The Hall–Kier alpha value is -5.57. The van der Waals surface area contributed by atoms with Crippen molar-refractivity contribution in [3.8, 4) is 11.5 Å². The maximum Gasteiger partial charge on any atom is 0.261 e. The van der Waals surface area contributed by atoms with E-state index in [4.69, 9.17) is 9.47 Å². The highest BCUT2D eigenvalue weighted by atomic mass is 16.5. The van der Waals surface area contributed by atoms with Crippen LogP contribution in [0.25, 0.3) is 10.8 Å². The zero-order valence-corrected chi connectivity index (χ0v) is 24.6. The van der Waals surface area contributed by atoms with E-state index >= 15 is 0 Å². The molecule has 7 rings (SSSR count). The average molecular weight is 600 g/mol. The van der Waals surface area contributed by atoms with Gasteiger partial charge >= 0.3 is 0 Å². The molecular formula is C36H29N3O6. The van der Waals surface area contributed by atoms with Crippen LogP contribution in [-0.2, 0) is 11.4 Å². The molecule has 1 saturated heterocycles. The Morgan fingerprint density at radius 3 is 2.33 bits per heavy atom. The van der Waals surface area contributed by atoms with Gasteiger partial charge in [-0.1, -0.05) is 54.6 Å². The molecule has 4 aromatic rings. The van der Waals surface area contributed by atoms with Crippen molar-refractivity contribution in [2.24, 2.45) is 4.99 Å². The summed E-state index contributed by atoms with van der Waals surface area (Å²) >= 11 is 0. The minimum absolute atomic E-state index is 0.0163. The van der Waals surface area contributed by atoms with Gasteiger partial charge in [-0.3, -0.25) is 29.1 Å². The maximum absolute atomic E-state index is 13.6. The Labute approximate surface area is 259 Å².